The fourth-order valence-corrected chi connectivity index (χ4v) is 3.05. The van der Waals surface area contributed by atoms with Gasteiger partial charge >= 0.3 is 12.0 Å². The first-order valence-corrected chi connectivity index (χ1v) is 7.83. The monoisotopic (exact) mass is 354 g/mol. The Morgan fingerprint density at radius 1 is 1.43 bits per heavy atom. The molecule has 1 heterocycles. The van der Waals surface area contributed by atoms with Gasteiger partial charge in [-0.15, -0.1) is 0 Å². The second-order valence-corrected chi connectivity index (χ2v) is 6.26. The van der Waals surface area contributed by atoms with Gasteiger partial charge in [0.15, 0.2) is 0 Å². The molecule has 0 radical (unpaired) electrons. The van der Waals surface area contributed by atoms with Crippen LogP contribution in [0.4, 0.5) is 4.79 Å². The Labute approximate surface area is 132 Å². The predicted molar refractivity (Wildman–Crippen MR) is 82.9 cm³/mol. The average molecular weight is 355 g/mol. The van der Waals surface area contributed by atoms with Gasteiger partial charge in [-0.2, -0.15) is 0 Å². The number of carboxylic acids is 1. The lowest BCUT2D eigenvalue weighted by atomic mass is 9.95. The van der Waals surface area contributed by atoms with Crippen molar-refractivity contribution in [2.75, 3.05) is 13.1 Å². The first kappa shape index (κ1) is 15.8. The molecule has 21 heavy (non-hydrogen) atoms. The van der Waals surface area contributed by atoms with Crippen LogP contribution in [0.2, 0.25) is 0 Å². The molecule has 1 atom stereocenters. The van der Waals surface area contributed by atoms with Gasteiger partial charge in [0.25, 0.3) is 0 Å². The Bertz CT molecular complexity index is 521. The van der Waals surface area contributed by atoms with Crippen molar-refractivity contribution in [1.29, 1.82) is 0 Å². The molecule has 1 fully saturated rings. The number of likely N-dealkylation sites (tertiary alicyclic amines) is 1. The Morgan fingerprint density at radius 3 is 2.95 bits per heavy atom. The molecule has 1 unspecified atom stereocenters. The highest BCUT2D eigenvalue weighted by Gasteiger charge is 2.24. The topological polar surface area (TPSA) is 69.6 Å². The highest BCUT2D eigenvalue weighted by molar-refractivity contribution is 9.10. The number of aliphatic carboxylic acids is 1. The lowest BCUT2D eigenvalue weighted by Gasteiger charge is -2.32. The Balaban J connectivity index is 1.83. The summed E-state index contributed by atoms with van der Waals surface area (Å²) in [5, 5.41) is 11.7. The van der Waals surface area contributed by atoms with Crippen LogP contribution in [-0.4, -0.2) is 35.1 Å². The van der Waals surface area contributed by atoms with Crippen LogP contribution in [0, 0.1) is 5.92 Å². The van der Waals surface area contributed by atoms with Gasteiger partial charge in [-0.3, -0.25) is 4.79 Å². The Hall–Kier alpha value is -1.56. The molecule has 0 saturated carbocycles. The van der Waals surface area contributed by atoms with E-state index in [0.717, 1.165) is 22.9 Å². The normalized spacial score (nSPS) is 18.3. The van der Waals surface area contributed by atoms with E-state index in [2.05, 4.69) is 21.2 Å². The zero-order valence-electron chi connectivity index (χ0n) is 11.7. The van der Waals surface area contributed by atoms with Crippen LogP contribution in [0.3, 0.4) is 0 Å². The number of urea groups is 1. The second-order valence-electron chi connectivity index (χ2n) is 5.34. The summed E-state index contributed by atoms with van der Waals surface area (Å²) in [5.41, 5.74) is 1.02. The van der Waals surface area contributed by atoms with Gasteiger partial charge in [-0.25, -0.2) is 4.79 Å². The zero-order valence-corrected chi connectivity index (χ0v) is 13.3. The largest absolute Gasteiger partial charge is 0.481 e. The maximum absolute atomic E-state index is 12.1. The summed E-state index contributed by atoms with van der Waals surface area (Å²) in [6.45, 7) is 1.69. The molecule has 1 aromatic carbocycles. The van der Waals surface area contributed by atoms with Crippen molar-refractivity contribution in [1.82, 2.24) is 10.2 Å². The van der Waals surface area contributed by atoms with E-state index in [0.29, 0.717) is 19.6 Å². The van der Waals surface area contributed by atoms with Crippen LogP contribution in [0.1, 0.15) is 24.8 Å². The smallest absolute Gasteiger partial charge is 0.317 e. The number of halogens is 1. The molecule has 6 heteroatoms. The maximum atomic E-state index is 12.1. The molecule has 1 aliphatic rings. The summed E-state index contributed by atoms with van der Waals surface area (Å²) < 4.78 is 0.980. The quantitative estimate of drug-likeness (QED) is 0.873. The first-order chi connectivity index (χ1) is 10.0. The summed E-state index contributed by atoms with van der Waals surface area (Å²) in [7, 11) is 0. The van der Waals surface area contributed by atoms with E-state index in [1.807, 2.05) is 24.3 Å². The third kappa shape index (κ3) is 5.04. The van der Waals surface area contributed by atoms with E-state index >= 15 is 0 Å². The van der Waals surface area contributed by atoms with Gasteiger partial charge in [-0.05, 0) is 36.5 Å². The lowest BCUT2D eigenvalue weighted by Crippen LogP contribution is -2.45. The molecule has 1 aromatic rings. The summed E-state index contributed by atoms with van der Waals surface area (Å²) in [4.78, 5) is 24.6. The number of carbonyl (C=O) groups excluding carboxylic acids is 1. The molecule has 5 nitrogen and oxygen atoms in total. The van der Waals surface area contributed by atoms with Gasteiger partial charge in [0.1, 0.15) is 0 Å². The van der Waals surface area contributed by atoms with Gasteiger partial charge < -0.3 is 15.3 Å². The van der Waals surface area contributed by atoms with Crippen molar-refractivity contribution in [3.05, 3.63) is 34.3 Å². The predicted octanol–water partition coefficient (Wildman–Crippen LogP) is 2.85. The van der Waals surface area contributed by atoms with E-state index in [9.17, 15) is 9.59 Å². The molecular formula is C15H19BrN2O3. The number of carbonyl (C=O) groups is 2. The summed E-state index contributed by atoms with van der Waals surface area (Å²) in [6.07, 6.45) is 1.87. The summed E-state index contributed by atoms with van der Waals surface area (Å²) in [6, 6.07) is 7.66. The van der Waals surface area contributed by atoms with Crippen LogP contribution in [0.25, 0.3) is 0 Å². The Kier molecular flexibility index (Phi) is 5.61. The highest BCUT2D eigenvalue weighted by Crippen LogP contribution is 2.19. The van der Waals surface area contributed by atoms with Crippen LogP contribution >= 0.6 is 15.9 Å². The van der Waals surface area contributed by atoms with Crippen molar-refractivity contribution >= 4 is 27.9 Å². The molecule has 0 aliphatic carbocycles. The number of rotatable bonds is 4. The molecule has 0 spiro atoms. The third-order valence-corrected chi connectivity index (χ3v) is 4.10. The molecule has 0 aromatic heterocycles. The summed E-state index contributed by atoms with van der Waals surface area (Å²) >= 11 is 3.40. The molecule has 1 aliphatic heterocycles. The van der Waals surface area contributed by atoms with Crippen LogP contribution in [0.5, 0.6) is 0 Å². The molecule has 1 saturated heterocycles. The number of hydrogen-bond acceptors (Lipinski definition) is 2. The number of nitrogens with zero attached hydrogens (tertiary/aromatic N) is 1. The van der Waals surface area contributed by atoms with E-state index in [1.54, 1.807) is 4.90 Å². The minimum Gasteiger partial charge on any atom is -0.481 e. The molecule has 2 amide bonds. The molecule has 0 bridgehead atoms. The van der Waals surface area contributed by atoms with E-state index < -0.39 is 5.97 Å². The first-order valence-electron chi connectivity index (χ1n) is 7.03. The van der Waals surface area contributed by atoms with Crippen LogP contribution in [-0.2, 0) is 11.3 Å². The number of benzene rings is 1. The van der Waals surface area contributed by atoms with Gasteiger partial charge in [0, 0.05) is 30.5 Å². The van der Waals surface area contributed by atoms with Gasteiger partial charge in [-0.1, -0.05) is 28.1 Å². The lowest BCUT2D eigenvalue weighted by molar-refractivity contribution is -0.138. The minimum atomic E-state index is -0.795. The van der Waals surface area contributed by atoms with Gasteiger partial charge in [0.2, 0.25) is 0 Å². The van der Waals surface area contributed by atoms with Crippen molar-refractivity contribution in [2.24, 2.45) is 5.92 Å². The number of amides is 2. The fraction of sp³-hybridized carbons (Fsp3) is 0.467. The zero-order chi connectivity index (χ0) is 15.2. The SMILES string of the molecule is O=C(O)CC1CCCN(C(=O)NCc2cccc(Br)c2)C1. The third-order valence-electron chi connectivity index (χ3n) is 3.60. The molecular weight excluding hydrogens is 336 g/mol. The fourth-order valence-electron chi connectivity index (χ4n) is 2.60. The van der Waals surface area contributed by atoms with E-state index in [-0.39, 0.29) is 18.4 Å². The maximum Gasteiger partial charge on any atom is 0.317 e. The summed E-state index contributed by atoms with van der Waals surface area (Å²) in [5.74, 6) is -0.732. The number of piperidine rings is 1. The van der Waals surface area contributed by atoms with Crippen molar-refractivity contribution in [2.45, 2.75) is 25.8 Å². The van der Waals surface area contributed by atoms with Crippen molar-refractivity contribution in [3.8, 4) is 0 Å². The second kappa shape index (κ2) is 7.45. The Morgan fingerprint density at radius 2 is 2.24 bits per heavy atom. The van der Waals surface area contributed by atoms with E-state index in [1.165, 1.54) is 0 Å². The van der Waals surface area contributed by atoms with Gasteiger partial charge in [0.05, 0.1) is 0 Å². The molecule has 2 N–H and O–H groups in total. The van der Waals surface area contributed by atoms with Crippen LogP contribution < -0.4 is 5.32 Å². The molecule has 114 valence electrons. The minimum absolute atomic E-state index is 0.0628. The van der Waals surface area contributed by atoms with Crippen molar-refractivity contribution < 1.29 is 14.7 Å². The number of nitrogens with one attached hydrogen (secondary N) is 1. The molecule has 2 rings (SSSR count). The van der Waals surface area contributed by atoms with Crippen molar-refractivity contribution in [3.63, 3.8) is 0 Å². The standard InChI is InChI=1S/C15H19BrN2O3/c16-13-5-1-3-11(7-13)9-17-15(21)18-6-2-4-12(10-18)8-14(19)20/h1,3,5,7,12H,2,4,6,8-10H2,(H,17,21)(H,19,20). The van der Waals surface area contributed by atoms with Crippen LogP contribution in [0.15, 0.2) is 28.7 Å². The average Bonchev–Trinajstić information content (AvgIpc) is 2.44. The number of carboxylic acid groups (broad SMARTS) is 1. The van der Waals surface area contributed by atoms with E-state index in [4.69, 9.17) is 5.11 Å². The highest BCUT2D eigenvalue weighted by atomic mass is 79.9. The number of hydrogen-bond donors (Lipinski definition) is 2.